The van der Waals surface area contributed by atoms with Gasteiger partial charge in [-0.1, -0.05) is 13.3 Å². The molecule has 1 nitrogen and oxygen atoms in total. The molecule has 0 saturated carbocycles. The molecular weight excluding hydrogens is 124 g/mol. The molecule has 1 atom stereocenters. The zero-order chi connectivity index (χ0) is 8.04. The Hall–Kier alpha value is -0.480. The first-order chi connectivity index (χ1) is 4.62. The topological polar surface area (TPSA) is 20.2 Å². The van der Waals surface area contributed by atoms with Gasteiger partial charge in [0.1, 0.15) is 0 Å². The standard InChI is InChI=1S/C9H16O/c1-4-6-8-9(3,10)7-5-2/h1,10H,5-8H2,2-3H3. The summed E-state index contributed by atoms with van der Waals surface area (Å²) in [5.41, 5.74) is -0.541. The first-order valence-electron chi connectivity index (χ1n) is 3.78. The molecule has 10 heavy (non-hydrogen) atoms. The molecule has 0 saturated heterocycles. The highest BCUT2D eigenvalue weighted by Gasteiger charge is 2.17. The molecule has 0 spiro atoms. The predicted molar refractivity (Wildman–Crippen MR) is 43.6 cm³/mol. The van der Waals surface area contributed by atoms with Crippen LogP contribution in [0.15, 0.2) is 0 Å². The minimum Gasteiger partial charge on any atom is -0.390 e. The maximum absolute atomic E-state index is 9.55. The van der Waals surface area contributed by atoms with E-state index in [0.29, 0.717) is 6.42 Å². The molecule has 0 fully saturated rings. The van der Waals surface area contributed by atoms with Crippen molar-refractivity contribution in [2.24, 2.45) is 0 Å². The monoisotopic (exact) mass is 140 g/mol. The van der Waals surface area contributed by atoms with E-state index in [1.54, 1.807) is 0 Å². The Kier molecular flexibility index (Phi) is 4.14. The fraction of sp³-hybridized carbons (Fsp3) is 0.778. The van der Waals surface area contributed by atoms with E-state index in [1.165, 1.54) is 0 Å². The Morgan fingerprint density at radius 3 is 2.50 bits per heavy atom. The molecule has 0 amide bonds. The molecule has 0 aliphatic heterocycles. The summed E-state index contributed by atoms with van der Waals surface area (Å²) in [7, 11) is 0. The fourth-order valence-corrected chi connectivity index (χ4v) is 1.01. The minimum atomic E-state index is -0.541. The first kappa shape index (κ1) is 9.52. The molecule has 1 N–H and O–H groups in total. The number of rotatable bonds is 4. The Labute approximate surface area is 63.5 Å². The number of aliphatic hydroxyl groups is 1. The van der Waals surface area contributed by atoms with E-state index in [0.717, 1.165) is 19.3 Å². The molecule has 0 aromatic heterocycles. The quantitative estimate of drug-likeness (QED) is 0.592. The van der Waals surface area contributed by atoms with Crippen molar-refractivity contribution in [3.63, 3.8) is 0 Å². The highest BCUT2D eigenvalue weighted by Crippen LogP contribution is 2.17. The molecule has 1 heteroatoms. The Bertz CT molecular complexity index is 119. The van der Waals surface area contributed by atoms with Crippen LogP contribution in [0.4, 0.5) is 0 Å². The highest BCUT2D eigenvalue weighted by molar-refractivity contribution is 4.87. The second kappa shape index (κ2) is 4.35. The SMILES string of the molecule is C#CCCC(C)(O)CCC. The summed E-state index contributed by atoms with van der Waals surface area (Å²) >= 11 is 0. The van der Waals surface area contributed by atoms with Crippen LogP contribution in [-0.2, 0) is 0 Å². The van der Waals surface area contributed by atoms with Gasteiger partial charge in [-0.25, -0.2) is 0 Å². The van der Waals surface area contributed by atoms with Crippen molar-refractivity contribution >= 4 is 0 Å². The van der Waals surface area contributed by atoms with Gasteiger partial charge in [-0.05, 0) is 19.8 Å². The van der Waals surface area contributed by atoms with Crippen molar-refractivity contribution in [2.45, 2.75) is 45.1 Å². The van der Waals surface area contributed by atoms with Gasteiger partial charge >= 0.3 is 0 Å². The lowest BCUT2D eigenvalue weighted by Gasteiger charge is -2.20. The van der Waals surface area contributed by atoms with E-state index in [-0.39, 0.29) is 0 Å². The van der Waals surface area contributed by atoms with Crippen LogP contribution in [0.1, 0.15) is 39.5 Å². The lowest BCUT2D eigenvalue weighted by Crippen LogP contribution is -2.22. The molecule has 0 bridgehead atoms. The van der Waals surface area contributed by atoms with Crippen molar-refractivity contribution in [1.82, 2.24) is 0 Å². The van der Waals surface area contributed by atoms with E-state index in [4.69, 9.17) is 6.42 Å². The molecule has 0 aromatic carbocycles. The maximum atomic E-state index is 9.55. The van der Waals surface area contributed by atoms with Crippen molar-refractivity contribution in [3.8, 4) is 12.3 Å². The van der Waals surface area contributed by atoms with Crippen LogP contribution in [-0.4, -0.2) is 10.7 Å². The zero-order valence-corrected chi connectivity index (χ0v) is 6.85. The molecule has 0 aliphatic rings. The van der Waals surface area contributed by atoms with Crippen LogP contribution in [0.25, 0.3) is 0 Å². The van der Waals surface area contributed by atoms with Gasteiger partial charge in [0.05, 0.1) is 5.60 Å². The van der Waals surface area contributed by atoms with Gasteiger partial charge in [0.15, 0.2) is 0 Å². The third-order valence-electron chi connectivity index (χ3n) is 1.60. The van der Waals surface area contributed by atoms with Crippen molar-refractivity contribution in [3.05, 3.63) is 0 Å². The largest absolute Gasteiger partial charge is 0.390 e. The Balaban J connectivity index is 3.54. The second-order valence-corrected chi connectivity index (χ2v) is 2.95. The average Bonchev–Trinajstić information content (AvgIpc) is 1.84. The summed E-state index contributed by atoms with van der Waals surface area (Å²) in [6, 6.07) is 0. The maximum Gasteiger partial charge on any atom is 0.0628 e. The lowest BCUT2D eigenvalue weighted by atomic mass is 9.95. The van der Waals surface area contributed by atoms with Crippen LogP contribution < -0.4 is 0 Å². The normalized spacial score (nSPS) is 15.8. The molecule has 1 unspecified atom stereocenters. The number of hydrogen-bond donors (Lipinski definition) is 1. The third kappa shape index (κ3) is 4.40. The van der Waals surface area contributed by atoms with Crippen molar-refractivity contribution < 1.29 is 5.11 Å². The molecule has 0 radical (unpaired) electrons. The van der Waals surface area contributed by atoms with Gasteiger partial charge in [-0.3, -0.25) is 0 Å². The van der Waals surface area contributed by atoms with Crippen LogP contribution in [0.2, 0.25) is 0 Å². The Morgan fingerprint density at radius 2 is 2.10 bits per heavy atom. The van der Waals surface area contributed by atoms with Crippen molar-refractivity contribution in [2.75, 3.05) is 0 Å². The summed E-state index contributed by atoms with van der Waals surface area (Å²) < 4.78 is 0. The minimum absolute atomic E-state index is 0.541. The summed E-state index contributed by atoms with van der Waals surface area (Å²) in [6.07, 6.45) is 8.32. The fourth-order valence-electron chi connectivity index (χ4n) is 1.01. The summed E-state index contributed by atoms with van der Waals surface area (Å²) in [5, 5.41) is 9.55. The van der Waals surface area contributed by atoms with Gasteiger partial charge in [0.2, 0.25) is 0 Å². The zero-order valence-electron chi connectivity index (χ0n) is 6.85. The van der Waals surface area contributed by atoms with Crippen LogP contribution >= 0.6 is 0 Å². The third-order valence-corrected chi connectivity index (χ3v) is 1.60. The van der Waals surface area contributed by atoms with Gasteiger partial charge in [0.25, 0.3) is 0 Å². The van der Waals surface area contributed by atoms with E-state index >= 15 is 0 Å². The van der Waals surface area contributed by atoms with Crippen LogP contribution in [0.5, 0.6) is 0 Å². The smallest absolute Gasteiger partial charge is 0.0628 e. The summed E-state index contributed by atoms with van der Waals surface area (Å²) in [6.45, 7) is 3.90. The molecule has 58 valence electrons. The van der Waals surface area contributed by atoms with E-state index in [2.05, 4.69) is 12.8 Å². The lowest BCUT2D eigenvalue weighted by molar-refractivity contribution is 0.0428. The molecule has 0 rings (SSSR count). The molecule has 0 aromatic rings. The number of hydrogen-bond acceptors (Lipinski definition) is 1. The van der Waals surface area contributed by atoms with E-state index in [1.807, 2.05) is 6.92 Å². The molecule has 0 heterocycles. The van der Waals surface area contributed by atoms with Gasteiger partial charge < -0.3 is 5.11 Å². The van der Waals surface area contributed by atoms with E-state index in [9.17, 15) is 5.11 Å². The Morgan fingerprint density at radius 1 is 1.50 bits per heavy atom. The summed E-state index contributed by atoms with van der Waals surface area (Å²) in [4.78, 5) is 0. The predicted octanol–water partition coefficient (Wildman–Crippen LogP) is 1.95. The van der Waals surface area contributed by atoms with Crippen LogP contribution in [0, 0.1) is 12.3 Å². The number of terminal acetylenes is 1. The van der Waals surface area contributed by atoms with Gasteiger partial charge in [0, 0.05) is 6.42 Å². The molecule has 0 aliphatic carbocycles. The second-order valence-electron chi connectivity index (χ2n) is 2.95. The van der Waals surface area contributed by atoms with Gasteiger partial charge in [-0.15, -0.1) is 12.3 Å². The summed E-state index contributed by atoms with van der Waals surface area (Å²) in [5.74, 6) is 2.52. The van der Waals surface area contributed by atoms with Gasteiger partial charge in [-0.2, -0.15) is 0 Å². The molecular formula is C9H16O. The van der Waals surface area contributed by atoms with Crippen molar-refractivity contribution in [1.29, 1.82) is 0 Å². The van der Waals surface area contributed by atoms with Crippen LogP contribution in [0.3, 0.4) is 0 Å². The highest BCUT2D eigenvalue weighted by atomic mass is 16.3. The van der Waals surface area contributed by atoms with E-state index < -0.39 is 5.60 Å². The first-order valence-corrected chi connectivity index (χ1v) is 3.78. The average molecular weight is 140 g/mol.